The van der Waals surface area contributed by atoms with E-state index in [0.29, 0.717) is 6.04 Å². The van der Waals surface area contributed by atoms with Crippen molar-refractivity contribution in [2.45, 2.75) is 26.8 Å². The van der Waals surface area contributed by atoms with Gasteiger partial charge >= 0.3 is 0 Å². The zero-order valence-corrected chi connectivity index (χ0v) is 11.3. The first-order chi connectivity index (χ1) is 7.43. The van der Waals surface area contributed by atoms with Crippen LogP contribution < -0.4 is 5.32 Å². The van der Waals surface area contributed by atoms with E-state index in [1.54, 1.807) is 0 Å². The van der Waals surface area contributed by atoms with E-state index in [4.69, 9.17) is 0 Å². The van der Waals surface area contributed by atoms with Gasteiger partial charge < -0.3 is 10.2 Å². The molecule has 0 saturated carbocycles. The van der Waals surface area contributed by atoms with E-state index in [1.807, 2.05) is 11.7 Å². The highest BCUT2D eigenvalue weighted by atomic mass is 15.3. The van der Waals surface area contributed by atoms with Gasteiger partial charge in [-0.3, -0.25) is 4.68 Å². The summed E-state index contributed by atoms with van der Waals surface area (Å²) in [6.07, 6.45) is 0. The number of likely N-dealkylation sites (N-methyl/N-ethyl adjacent to an activating group) is 1. The summed E-state index contributed by atoms with van der Waals surface area (Å²) in [6.45, 7) is 8.46. The Kier molecular flexibility index (Phi) is 4.50. The maximum absolute atomic E-state index is 4.44. The molecule has 0 saturated heterocycles. The molecule has 16 heavy (non-hydrogen) atoms. The molecule has 1 aromatic rings. The van der Waals surface area contributed by atoms with Crippen LogP contribution >= 0.6 is 0 Å². The van der Waals surface area contributed by atoms with Gasteiger partial charge in [-0.15, -0.1) is 0 Å². The summed E-state index contributed by atoms with van der Waals surface area (Å²) in [7, 11) is 6.18. The SMILES string of the molecule is Cc1nn(C)c(C)c1C(C)NCCN(C)C. The van der Waals surface area contributed by atoms with Gasteiger partial charge in [-0.05, 0) is 34.9 Å². The van der Waals surface area contributed by atoms with Crippen LogP contribution in [0, 0.1) is 13.8 Å². The first-order valence-corrected chi connectivity index (χ1v) is 5.81. The fourth-order valence-corrected chi connectivity index (χ4v) is 2.02. The lowest BCUT2D eigenvalue weighted by Crippen LogP contribution is -2.29. The van der Waals surface area contributed by atoms with E-state index in [-0.39, 0.29) is 0 Å². The van der Waals surface area contributed by atoms with Crippen LogP contribution in [-0.2, 0) is 7.05 Å². The molecule has 0 aliphatic rings. The molecule has 1 N–H and O–H groups in total. The summed E-state index contributed by atoms with van der Waals surface area (Å²) < 4.78 is 1.95. The smallest absolute Gasteiger partial charge is 0.0644 e. The number of aryl methyl sites for hydroxylation is 2. The summed E-state index contributed by atoms with van der Waals surface area (Å²) in [4.78, 5) is 2.18. The van der Waals surface area contributed by atoms with Crippen molar-refractivity contribution in [1.29, 1.82) is 0 Å². The Morgan fingerprint density at radius 3 is 2.44 bits per heavy atom. The standard InChI is InChI=1S/C12H24N4/c1-9(13-7-8-15(4)5)12-10(2)14-16(6)11(12)3/h9,13H,7-8H2,1-6H3. The molecular formula is C12H24N4. The highest BCUT2D eigenvalue weighted by molar-refractivity contribution is 5.27. The van der Waals surface area contributed by atoms with Crippen molar-refractivity contribution in [2.75, 3.05) is 27.2 Å². The molecule has 4 nitrogen and oxygen atoms in total. The number of aromatic nitrogens is 2. The topological polar surface area (TPSA) is 33.1 Å². The van der Waals surface area contributed by atoms with Crippen LogP contribution in [-0.4, -0.2) is 41.9 Å². The molecule has 0 spiro atoms. The van der Waals surface area contributed by atoms with Crippen molar-refractivity contribution >= 4 is 0 Å². The summed E-state index contributed by atoms with van der Waals surface area (Å²) in [6, 6.07) is 0.369. The number of rotatable bonds is 5. The van der Waals surface area contributed by atoms with E-state index >= 15 is 0 Å². The van der Waals surface area contributed by atoms with Gasteiger partial charge in [-0.2, -0.15) is 5.10 Å². The maximum Gasteiger partial charge on any atom is 0.0644 e. The maximum atomic E-state index is 4.44. The molecule has 1 unspecified atom stereocenters. The molecular weight excluding hydrogens is 200 g/mol. The van der Waals surface area contributed by atoms with E-state index in [2.05, 4.69) is 50.2 Å². The molecule has 4 heteroatoms. The fraction of sp³-hybridized carbons (Fsp3) is 0.750. The van der Waals surface area contributed by atoms with Gasteiger partial charge in [0.15, 0.2) is 0 Å². The zero-order chi connectivity index (χ0) is 12.3. The first-order valence-electron chi connectivity index (χ1n) is 5.81. The van der Waals surface area contributed by atoms with Crippen LogP contribution in [0.15, 0.2) is 0 Å². The van der Waals surface area contributed by atoms with Gasteiger partial charge in [0.1, 0.15) is 0 Å². The van der Waals surface area contributed by atoms with Gasteiger partial charge in [0, 0.05) is 37.4 Å². The largest absolute Gasteiger partial charge is 0.309 e. The number of hydrogen-bond acceptors (Lipinski definition) is 3. The second kappa shape index (κ2) is 5.46. The van der Waals surface area contributed by atoms with Gasteiger partial charge in [0.2, 0.25) is 0 Å². The number of hydrogen-bond donors (Lipinski definition) is 1. The highest BCUT2D eigenvalue weighted by Gasteiger charge is 2.15. The lowest BCUT2D eigenvalue weighted by Gasteiger charge is -2.16. The Balaban J connectivity index is 2.62. The molecule has 1 heterocycles. The Hall–Kier alpha value is -0.870. The molecule has 0 aromatic carbocycles. The van der Waals surface area contributed by atoms with Crippen LogP contribution in [0.2, 0.25) is 0 Å². The average Bonchev–Trinajstić information content (AvgIpc) is 2.40. The lowest BCUT2D eigenvalue weighted by atomic mass is 10.1. The Labute approximate surface area is 98.6 Å². The molecule has 0 radical (unpaired) electrons. The minimum absolute atomic E-state index is 0.369. The Morgan fingerprint density at radius 2 is 2.00 bits per heavy atom. The third-order valence-electron chi connectivity index (χ3n) is 3.01. The molecule has 1 aromatic heterocycles. The molecule has 0 aliphatic heterocycles. The number of nitrogens with zero attached hydrogens (tertiary/aromatic N) is 3. The van der Waals surface area contributed by atoms with E-state index in [0.717, 1.165) is 18.8 Å². The minimum atomic E-state index is 0.369. The van der Waals surface area contributed by atoms with E-state index in [9.17, 15) is 0 Å². The Morgan fingerprint density at radius 1 is 1.38 bits per heavy atom. The van der Waals surface area contributed by atoms with E-state index < -0.39 is 0 Å². The van der Waals surface area contributed by atoms with Crippen molar-refractivity contribution in [3.8, 4) is 0 Å². The molecule has 0 aliphatic carbocycles. The normalized spacial score (nSPS) is 13.4. The molecule has 0 fully saturated rings. The van der Waals surface area contributed by atoms with Crippen molar-refractivity contribution in [3.63, 3.8) is 0 Å². The molecule has 1 atom stereocenters. The second-order valence-electron chi connectivity index (χ2n) is 4.69. The van der Waals surface area contributed by atoms with Gasteiger partial charge in [0.05, 0.1) is 5.69 Å². The van der Waals surface area contributed by atoms with Crippen LogP contribution in [0.25, 0.3) is 0 Å². The van der Waals surface area contributed by atoms with Crippen LogP contribution in [0.1, 0.15) is 29.9 Å². The minimum Gasteiger partial charge on any atom is -0.309 e. The fourth-order valence-electron chi connectivity index (χ4n) is 2.02. The molecule has 1 rings (SSSR count). The van der Waals surface area contributed by atoms with Crippen molar-refractivity contribution in [2.24, 2.45) is 7.05 Å². The van der Waals surface area contributed by atoms with Crippen LogP contribution in [0.3, 0.4) is 0 Å². The molecule has 92 valence electrons. The van der Waals surface area contributed by atoms with Gasteiger partial charge in [0.25, 0.3) is 0 Å². The molecule has 0 amide bonds. The van der Waals surface area contributed by atoms with E-state index in [1.165, 1.54) is 11.3 Å². The van der Waals surface area contributed by atoms with Gasteiger partial charge in [-0.25, -0.2) is 0 Å². The van der Waals surface area contributed by atoms with Gasteiger partial charge in [-0.1, -0.05) is 0 Å². The lowest BCUT2D eigenvalue weighted by molar-refractivity contribution is 0.388. The van der Waals surface area contributed by atoms with Crippen molar-refractivity contribution in [1.82, 2.24) is 20.0 Å². The number of nitrogens with one attached hydrogen (secondary N) is 1. The first kappa shape index (κ1) is 13.2. The third kappa shape index (κ3) is 3.06. The van der Waals surface area contributed by atoms with Crippen LogP contribution in [0.4, 0.5) is 0 Å². The summed E-state index contributed by atoms with van der Waals surface area (Å²) >= 11 is 0. The average molecular weight is 224 g/mol. The summed E-state index contributed by atoms with van der Waals surface area (Å²) in [5.41, 5.74) is 3.72. The Bertz CT molecular complexity index is 341. The molecule has 0 bridgehead atoms. The second-order valence-corrected chi connectivity index (χ2v) is 4.69. The van der Waals surface area contributed by atoms with Crippen LogP contribution in [0.5, 0.6) is 0 Å². The highest BCUT2D eigenvalue weighted by Crippen LogP contribution is 2.20. The predicted molar refractivity (Wildman–Crippen MR) is 67.7 cm³/mol. The zero-order valence-electron chi connectivity index (χ0n) is 11.3. The van der Waals surface area contributed by atoms with Crippen molar-refractivity contribution < 1.29 is 0 Å². The van der Waals surface area contributed by atoms with Crippen molar-refractivity contribution in [3.05, 3.63) is 17.0 Å². The quantitative estimate of drug-likeness (QED) is 0.817. The summed E-state index contributed by atoms with van der Waals surface area (Å²) in [5, 5.41) is 7.97. The predicted octanol–water partition coefficient (Wildman–Crippen LogP) is 1.25. The third-order valence-corrected chi connectivity index (χ3v) is 3.01. The summed E-state index contributed by atoms with van der Waals surface area (Å²) in [5.74, 6) is 0. The monoisotopic (exact) mass is 224 g/mol.